The Morgan fingerprint density at radius 2 is 2.00 bits per heavy atom. The first-order valence-corrected chi connectivity index (χ1v) is 7.22. The number of hydrogen-bond donors (Lipinski definition) is 1. The van der Waals surface area contributed by atoms with Crippen LogP contribution in [0, 0.1) is 0 Å². The van der Waals surface area contributed by atoms with E-state index in [9.17, 15) is 4.79 Å². The Balaban J connectivity index is 2.21. The second-order valence-corrected chi connectivity index (χ2v) is 6.18. The zero-order chi connectivity index (χ0) is 13.6. The molecule has 1 saturated heterocycles. The predicted octanol–water partition coefficient (Wildman–Crippen LogP) is 2.60. The third-order valence-corrected chi connectivity index (χ3v) is 3.18. The summed E-state index contributed by atoms with van der Waals surface area (Å²) in [6, 6.07) is 0.243. The Kier molecular flexibility index (Phi) is 6.22. The van der Waals surface area contributed by atoms with Gasteiger partial charge in [0.1, 0.15) is 5.60 Å². The number of piperidine rings is 1. The molecular weight excluding hydrogens is 252 g/mol. The summed E-state index contributed by atoms with van der Waals surface area (Å²) >= 11 is 5.68. The number of rotatable bonds is 4. The molecule has 4 nitrogen and oxygen atoms in total. The van der Waals surface area contributed by atoms with E-state index in [1.807, 2.05) is 20.8 Å². The van der Waals surface area contributed by atoms with Crippen molar-refractivity contribution in [2.24, 2.45) is 0 Å². The van der Waals surface area contributed by atoms with Crippen molar-refractivity contribution in [1.82, 2.24) is 10.2 Å². The SMILES string of the molecule is CC(C)(C)OC(=O)NC1CCN(CCCCl)CC1. The molecule has 0 radical (unpaired) electrons. The first-order chi connectivity index (χ1) is 8.40. The number of likely N-dealkylation sites (tertiary alicyclic amines) is 1. The van der Waals surface area contributed by atoms with Crippen molar-refractivity contribution in [3.05, 3.63) is 0 Å². The number of carbonyl (C=O) groups is 1. The highest BCUT2D eigenvalue weighted by Crippen LogP contribution is 2.12. The van der Waals surface area contributed by atoms with E-state index in [0.717, 1.165) is 44.8 Å². The summed E-state index contributed by atoms with van der Waals surface area (Å²) in [5, 5.41) is 2.94. The number of alkyl halides is 1. The van der Waals surface area contributed by atoms with E-state index in [4.69, 9.17) is 16.3 Å². The van der Waals surface area contributed by atoms with Crippen molar-refractivity contribution in [2.45, 2.75) is 51.7 Å². The molecule has 5 heteroatoms. The van der Waals surface area contributed by atoms with Gasteiger partial charge in [0.05, 0.1) is 0 Å². The fraction of sp³-hybridized carbons (Fsp3) is 0.923. The number of nitrogens with one attached hydrogen (secondary N) is 1. The molecule has 0 spiro atoms. The number of amides is 1. The average molecular weight is 277 g/mol. The monoisotopic (exact) mass is 276 g/mol. The van der Waals surface area contributed by atoms with Crippen LogP contribution < -0.4 is 5.32 Å². The van der Waals surface area contributed by atoms with Gasteiger partial charge in [0.15, 0.2) is 0 Å². The second-order valence-electron chi connectivity index (χ2n) is 5.80. The molecule has 0 aliphatic carbocycles. The van der Waals surface area contributed by atoms with Gasteiger partial charge in [-0.25, -0.2) is 4.79 Å². The summed E-state index contributed by atoms with van der Waals surface area (Å²) in [4.78, 5) is 14.0. The maximum absolute atomic E-state index is 11.6. The van der Waals surface area contributed by atoms with E-state index in [1.165, 1.54) is 0 Å². The highest BCUT2D eigenvalue weighted by Gasteiger charge is 2.23. The van der Waals surface area contributed by atoms with Crippen LogP contribution in [0.25, 0.3) is 0 Å². The van der Waals surface area contributed by atoms with Crippen LogP contribution in [0.5, 0.6) is 0 Å². The van der Waals surface area contributed by atoms with Crippen molar-refractivity contribution in [3.63, 3.8) is 0 Å². The summed E-state index contributed by atoms with van der Waals surface area (Å²) in [7, 11) is 0. The number of carbonyl (C=O) groups excluding carboxylic acids is 1. The van der Waals surface area contributed by atoms with Crippen LogP contribution in [-0.4, -0.2) is 48.2 Å². The van der Waals surface area contributed by atoms with Crippen molar-refractivity contribution in [3.8, 4) is 0 Å². The van der Waals surface area contributed by atoms with Crippen LogP contribution in [-0.2, 0) is 4.74 Å². The molecule has 0 aromatic heterocycles. The summed E-state index contributed by atoms with van der Waals surface area (Å²) in [5.74, 6) is 0.718. The van der Waals surface area contributed by atoms with Gasteiger partial charge in [0, 0.05) is 25.0 Å². The smallest absolute Gasteiger partial charge is 0.407 e. The van der Waals surface area contributed by atoms with Gasteiger partial charge in [-0.1, -0.05) is 0 Å². The van der Waals surface area contributed by atoms with Crippen LogP contribution in [0.1, 0.15) is 40.0 Å². The lowest BCUT2D eigenvalue weighted by atomic mass is 10.1. The number of halogens is 1. The minimum atomic E-state index is -0.425. The van der Waals surface area contributed by atoms with E-state index >= 15 is 0 Å². The lowest BCUT2D eigenvalue weighted by molar-refractivity contribution is 0.0479. The lowest BCUT2D eigenvalue weighted by Gasteiger charge is -2.32. The molecule has 1 fully saturated rings. The van der Waals surface area contributed by atoms with E-state index in [0.29, 0.717) is 0 Å². The molecular formula is C13H25ClN2O2. The van der Waals surface area contributed by atoms with Gasteiger partial charge >= 0.3 is 6.09 Å². The van der Waals surface area contributed by atoms with Crippen molar-refractivity contribution in [1.29, 1.82) is 0 Å². The van der Waals surface area contributed by atoms with E-state index < -0.39 is 5.60 Å². The molecule has 1 rings (SSSR count). The third-order valence-electron chi connectivity index (χ3n) is 2.92. The second kappa shape index (κ2) is 7.19. The molecule has 0 aromatic rings. The number of alkyl carbamates (subject to hydrolysis) is 1. The van der Waals surface area contributed by atoms with E-state index in [-0.39, 0.29) is 12.1 Å². The molecule has 106 valence electrons. The summed E-state index contributed by atoms with van der Waals surface area (Å²) in [5.41, 5.74) is -0.425. The normalized spacial score (nSPS) is 18.7. The topological polar surface area (TPSA) is 41.6 Å². The average Bonchev–Trinajstić information content (AvgIpc) is 2.25. The fourth-order valence-corrected chi connectivity index (χ4v) is 2.18. The van der Waals surface area contributed by atoms with Gasteiger partial charge in [-0.15, -0.1) is 11.6 Å². The molecule has 0 aromatic carbocycles. The highest BCUT2D eigenvalue weighted by molar-refractivity contribution is 6.17. The van der Waals surface area contributed by atoms with Crippen LogP contribution >= 0.6 is 11.6 Å². The Morgan fingerprint density at radius 1 is 1.39 bits per heavy atom. The van der Waals surface area contributed by atoms with Crippen molar-refractivity contribution < 1.29 is 9.53 Å². The van der Waals surface area contributed by atoms with Crippen molar-refractivity contribution >= 4 is 17.7 Å². The molecule has 0 saturated carbocycles. The largest absolute Gasteiger partial charge is 0.444 e. The molecule has 18 heavy (non-hydrogen) atoms. The lowest BCUT2D eigenvalue weighted by Crippen LogP contribution is -2.46. The third kappa shape index (κ3) is 6.45. The Labute approximate surface area is 115 Å². The van der Waals surface area contributed by atoms with E-state index in [1.54, 1.807) is 0 Å². The standard InChI is InChI=1S/C13H25ClN2O2/c1-13(2,3)18-12(17)15-11-5-9-16(10-6-11)8-4-7-14/h11H,4-10H2,1-3H3,(H,15,17). The van der Waals surface area contributed by atoms with Crippen LogP contribution in [0.3, 0.4) is 0 Å². The number of ether oxygens (including phenoxy) is 1. The Bertz CT molecular complexity index is 258. The fourth-order valence-electron chi connectivity index (χ4n) is 2.06. The number of hydrogen-bond acceptors (Lipinski definition) is 3. The maximum Gasteiger partial charge on any atom is 0.407 e. The zero-order valence-electron chi connectivity index (χ0n) is 11.7. The van der Waals surface area contributed by atoms with Gasteiger partial charge in [-0.3, -0.25) is 0 Å². The van der Waals surface area contributed by atoms with Crippen LogP contribution in [0.2, 0.25) is 0 Å². The first-order valence-electron chi connectivity index (χ1n) is 6.68. The van der Waals surface area contributed by atoms with Crippen molar-refractivity contribution in [2.75, 3.05) is 25.5 Å². The van der Waals surface area contributed by atoms with Gasteiger partial charge in [-0.05, 0) is 46.6 Å². The maximum atomic E-state index is 11.6. The molecule has 1 aliphatic rings. The van der Waals surface area contributed by atoms with Crippen LogP contribution in [0.4, 0.5) is 4.79 Å². The molecule has 1 aliphatic heterocycles. The molecule has 0 bridgehead atoms. The molecule has 1 heterocycles. The molecule has 0 atom stereocenters. The first kappa shape index (κ1) is 15.6. The highest BCUT2D eigenvalue weighted by atomic mass is 35.5. The number of nitrogens with zero attached hydrogens (tertiary/aromatic N) is 1. The quantitative estimate of drug-likeness (QED) is 0.803. The van der Waals surface area contributed by atoms with Crippen LogP contribution in [0.15, 0.2) is 0 Å². The Morgan fingerprint density at radius 3 is 2.50 bits per heavy atom. The Hall–Kier alpha value is -0.480. The van der Waals surface area contributed by atoms with Gasteiger partial charge in [-0.2, -0.15) is 0 Å². The summed E-state index contributed by atoms with van der Waals surface area (Å²) in [6.45, 7) is 8.74. The minimum absolute atomic E-state index is 0.243. The summed E-state index contributed by atoms with van der Waals surface area (Å²) < 4.78 is 5.25. The van der Waals surface area contributed by atoms with Gasteiger partial charge in [0.25, 0.3) is 0 Å². The summed E-state index contributed by atoms with van der Waals surface area (Å²) in [6.07, 6.45) is 2.70. The molecule has 1 N–H and O–H groups in total. The minimum Gasteiger partial charge on any atom is -0.444 e. The zero-order valence-corrected chi connectivity index (χ0v) is 12.4. The predicted molar refractivity (Wildman–Crippen MR) is 74.2 cm³/mol. The van der Waals surface area contributed by atoms with E-state index in [2.05, 4.69) is 10.2 Å². The molecule has 0 unspecified atom stereocenters. The van der Waals surface area contributed by atoms with Gasteiger partial charge in [0.2, 0.25) is 0 Å². The van der Waals surface area contributed by atoms with Gasteiger partial charge < -0.3 is 15.0 Å². The molecule has 1 amide bonds.